The Hall–Kier alpha value is -3.04. The second-order valence-electron chi connectivity index (χ2n) is 8.74. The summed E-state index contributed by atoms with van der Waals surface area (Å²) in [6, 6.07) is 18.9. The molecule has 0 aliphatic carbocycles. The third-order valence-corrected chi connectivity index (χ3v) is 6.50. The lowest BCUT2D eigenvalue weighted by Crippen LogP contribution is -2.40. The molecule has 7 nitrogen and oxygen atoms in total. The lowest BCUT2D eigenvalue weighted by atomic mass is 9.99. The fraction of sp³-hybridized carbons (Fsp3) is 0.286. The van der Waals surface area contributed by atoms with E-state index in [1.807, 2.05) is 80.5 Å². The molecular formula is C28H32Cl2N6OS. The number of benzene rings is 2. The van der Waals surface area contributed by atoms with Gasteiger partial charge in [-0.2, -0.15) is 0 Å². The van der Waals surface area contributed by atoms with Crippen LogP contribution in [0.4, 0.5) is 11.5 Å². The predicted octanol–water partition coefficient (Wildman–Crippen LogP) is 4.77. The molecule has 0 fully saturated rings. The van der Waals surface area contributed by atoms with Crippen LogP contribution in [0.1, 0.15) is 16.8 Å². The van der Waals surface area contributed by atoms with Crippen LogP contribution in [0, 0.1) is 6.92 Å². The zero-order valence-corrected chi connectivity index (χ0v) is 24.0. The van der Waals surface area contributed by atoms with E-state index in [9.17, 15) is 4.79 Å². The fourth-order valence-electron chi connectivity index (χ4n) is 3.94. The third kappa shape index (κ3) is 8.23. The molecule has 0 aliphatic rings. The first-order valence-electron chi connectivity index (χ1n) is 12.2. The fourth-order valence-corrected chi connectivity index (χ4v) is 4.46. The van der Waals surface area contributed by atoms with E-state index in [2.05, 4.69) is 20.5 Å². The number of halogens is 2. The number of nitrogens with zero attached hydrogens (tertiary/aromatic N) is 4. The summed E-state index contributed by atoms with van der Waals surface area (Å²) in [6.45, 7) is 4.43. The number of rotatable bonds is 14. The number of thiocarbonyl (C=S) groups is 1. The van der Waals surface area contributed by atoms with Gasteiger partial charge in [-0.15, -0.1) is 0 Å². The topological polar surface area (TPSA) is 72.9 Å². The highest BCUT2D eigenvalue weighted by molar-refractivity contribution is 7.78. The van der Waals surface area contributed by atoms with Crippen molar-refractivity contribution in [3.63, 3.8) is 0 Å². The number of anilines is 2. The molecule has 1 unspecified atom stereocenters. The second kappa shape index (κ2) is 14.8. The molecule has 3 rings (SSSR count). The van der Waals surface area contributed by atoms with E-state index in [4.69, 9.17) is 40.4 Å². The Labute approximate surface area is 239 Å². The molecule has 1 heterocycles. The Balaban J connectivity index is 1.89. The number of aromatic nitrogens is 1. The predicted molar refractivity (Wildman–Crippen MR) is 164 cm³/mol. The van der Waals surface area contributed by atoms with E-state index in [-0.39, 0.29) is 0 Å². The van der Waals surface area contributed by atoms with Gasteiger partial charge in [0.05, 0.1) is 11.2 Å². The minimum atomic E-state index is -0.804. The maximum Gasteiger partial charge on any atom is 0.159 e. The molecular weight excluding hydrogens is 539 g/mol. The molecule has 0 aliphatic heterocycles. The highest BCUT2D eigenvalue weighted by atomic mass is 35.5. The van der Waals surface area contributed by atoms with E-state index in [0.29, 0.717) is 47.5 Å². The van der Waals surface area contributed by atoms with Crippen LogP contribution in [0.2, 0.25) is 10.0 Å². The SMILES string of the molecule is Cc1cccc(N(CCNC=S)CCNC(C=O)/N=C(/c2ccccc2Cl)c2cc(Cl)ccc2N(C)C)n1. The Morgan fingerprint density at radius 1 is 1.05 bits per heavy atom. The smallest absolute Gasteiger partial charge is 0.159 e. The van der Waals surface area contributed by atoms with Gasteiger partial charge in [-0.05, 0) is 43.3 Å². The van der Waals surface area contributed by atoms with Gasteiger partial charge in [-0.25, -0.2) is 4.98 Å². The minimum Gasteiger partial charge on any atom is -0.380 e. The van der Waals surface area contributed by atoms with Gasteiger partial charge >= 0.3 is 0 Å². The molecule has 38 heavy (non-hydrogen) atoms. The number of pyridine rings is 1. The summed E-state index contributed by atoms with van der Waals surface area (Å²) in [4.78, 5) is 25.8. The first-order chi connectivity index (χ1) is 18.3. The summed E-state index contributed by atoms with van der Waals surface area (Å²) in [6.07, 6.45) is -0.0126. The lowest BCUT2D eigenvalue weighted by molar-refractivity contribution is -0.109. The van der Waals surface area contributed by atoms with Crippen molar-refractivity contribution in [3.8, 4) is 0 Å². The van der Waals surface area contributed by atoms with Crippen molar-refractivity contribution in [1.29, 1.82) is 0 Å². The molecule has 3 aromatic rings. The molecule has 0 saturated heterocycles. The highest BCUT2D eigenvalue weighted by Gasteiger charge is 2.19. The summed E-state index contributed by atoms with van der Waals surface area (Å²) >= 11 is 17.9. The number of aliphatic imine (C=N–C) groups is 1. The summed E-state index contributed by atoms with van der Waals surface area (Å²) in [5.74, 6) is 0.857. The first kappa shape index (κ1) is 29.5. The van der Waals surface area contributed by atoms with Crippen molar-refractivity contribution in [2.45, 2.75) is 13.1 Å². The van der Waals surface area contributed by atoms with E-state index in [0.717, 1.165) is 29.0 Å². The van der Waals surface area contributed by atoms with Gasteiger partial charge in [0, 0.05) is 72.8 Å². The minimum absolute atomic E-state index is 0.492. The van der Waals surface area contributed by atoms with Gasteiger partial charge < -0.3 is 15.1 Å². The van der Waals surface area contributed by atoms with E-state index < -0.39 is 6.17 Å². The normalized spacial score (nSPS) is 12.1. The van der Waals surface area contributed by atoms with E-state index >= 15 is 0 Å². The number of hydrogen-bond donors (Lipinski definition) is 2. The van der Waals surface area contributed by atoms with Gasteiger partial charge in [0.25, 0.3) is 0 Å². The summed E-state index contributed by atoms with van der Waals surface area (Å²) in [7, 11) is 3.89. The van der Waals surface area contributed by atoms with E-state index in [1.165, 1.54) is 5.49 Å². The molecule has 2 N–H and O–H groups in total. The van der Waals surface area contributed by atoms with Gasteiger partial charge in [-0.1, -0.05) is 59.7 Å². The summed E-state index contributed by atoms with van der Waals surface area (Å²) in [5, 5.41) is 7.41. The zero-order chi connectivity index (χ0) is 27.5. The molecule has 0 spiro atoms. The van der Waals surface area contributed by atoms with Crippen molar-refractivity contribution in [3.05, 3.63) is 87.5 Å². The van der Waals surface area contributed by atoms with Crippen LogP contribution >= 0.6 is 35.4 Å². The molecule has 200 valence electrons. The number of aryl methyl sites for hydroxylation is 1. The maximum absolute atomic E-state index is 12.2. The molecule has 1 aromatic heterocycles. The van der Waals surface area contributed by atoms with Gasteiger partial charge in [0.2, 0.25) is 0 Å². The van der Waals surface area contributed by atoms with Gasteiger partial charge in [-0.3, -0.25) is 15.1 Å². The maximum atomic E-state index is 12.2. The number of aldehydes is 1. The molecule has 0 amide bonds. The molecule has 2 aromatic carbocycles. The molecule has 0 radical (unpaired) electrons. The van der Waals surface area contributed by atoms with Crippen LogP contribution in [-0.4, -0.2) is 68.9 Å². The molecule has 0 saturated carbocycles. The number of carbonyl (C=O) groups excluding carboxylic acids is 1. The van der Waals surface area contributed by atoms with Gasteiger partial charge in [0.15, 0.2) is 12.5 Å². The number of hydrogen-bond acceptors (Lipinski definition) is 7. The summed E-state index contributed by atoms with van der Waals surface area (Å²) in [5.41, 5.74) is 5.41. The lowest BCUT2D eigenvalue weighted by Gasteiger charge is -2.25. The van der Waals surface area contributed by atoms with Crippen LogP contribution in [0.3, 0.4) is 0 Å². The van der Waals surface area contributed by atoms with Crippen LogP contribution < -0.4 is 20.4 Å². The Morgan fingerprint density at radius 2 is 1.82 bits per heavy atom. The van der Waals surface area contributed by atoms with Crippen LogP contribution in [-0.2, 0) is 4.79 Å². The average Bonchev–Trinajstić information content (AvgIpc) is 2.90. The molecule has 1 atom stereocenters. The molecule has 0 bridgehead atoms. The van der Waals surface area contributed by atoms with Crippen molar-refractivity contribution in [2.24, 2.45) is 4.99 Å². The van der Waals surface area contributed by atoms with Gasteiger partial charge in [0.1, 0.15) is 5.82 Å². The Kier molecular flexibility index (Phi) is 11.5. The largest absolute Gasteiger partial charge is 0.380 e. The van der Waals surface area contributed by atoms with E-state index in [1.54, 1.807) is 6.07 Å². The Bertz CT molecular complexity index is 1270. The monoisotopic (exact) mass is 570 g/mol. The van der Waals surface area contributed by atoms with Crippen molar-refractivity contribution < 1.29 is 4.79 Å². The quantitative estimate of drug-likeness (QED) is 0.125. The van der Waals surface area contributed by atoms with Crippen molar-refractivity contribution in [2.75, 3.05) is 50.1 Å². The van der Waals surface area contributed by atoms with Crippen molar-refractivity contribution >= 4 is 64.4 Å². The van der Waals surface area contributed by atoms with Crippen LogP contribution in [0.15, 0.2) is 65.7 Å². The average molecular weight is 572 g/mol. The standard InChI is InChI=1S/C28H32Cl2N6OS/c1-20-7-6-10-27(33-20)36(15-13-31-19-38)16-14-32-26(18-37)34-28(22-8-4-5-9-24(22)30)23-17-21(29)11-12-25(23)35(2)3/h4-12,17-19,26,32H,13-16H2,1-3H3,(H,31,38)/b34-28-. The summed E-state index contributed by atoms with van der Waals surface area (Å²) < 4.78 is 0. The Morgan fingerprint density at radius 3 is 2.50 bits per heavy atom. The van der Waals surface area contributed by atoms with Crippen LogP contribution in [0.5, 0.6) is 0 Å². The van der Waals surface area contributed by atoms with Crippen molar-refractivity contribution in [1.82, 2.24) is 15.6 Å². The third-order valence-electron chi connectivity index (χ3n) is 5.76. The second-order valence-corrected chi connectivity index (χ2v) is 9.82. The highest BCUT2D eigenvalue weighted by Crippen LogP contribution is 2.29. The zero-order valence-electron chi connectivity index (χ0n) is 21.7. The number of nitrogens with one attached hydrogen (secondary N) is 2. The first-order valence-corrected chi connectivity index (χ1v) is 13.4. The van der Waals surface area contributed by atoms with Crippen LogP contribution in [0.25, 0.3) is 0 Å². The number of carbonyl (C=O) groups is 1. The molecule has 10 heteroatoms.